The van der Waals surface area contributed by atoms with E-state index in [2.05, 4.69) is 30.1 Å². The first-order chi connectivity index (χ1) is 9.91. The van der Waals surface area contributed by atoms with E-state index in [0.717, 1.165) is 32.5 Å². The van der Waals surface area contributed by atoms with Crippen molar-refractivity contribution in [3.8, 4) is 0 Å². The fourth-order valence-electron chi connectivity index (χ4n) is 2.74. The van der Waals surface area contributed by atoms with Crippen LogP contribution in [0.1, 0.15) is 35.1 Å². The van der Waals surface area contributed by atoms with Crippen molar-refractivity contribution in [2.45, 2.75) is 45.8 Å². The Labute approximate surface area is 132 Å². The van der Waals surface area contributed by atoms with Gasteiger partial charge in [0, 0.05) is 28.9 Å². The molecule has 1 aliphatic heterocycles. The zero-order valence-corrected chi connectivity index (χ0v) is 14.8. The first-order valence-corrected chi connectivity index (χ1v) is 10.2. The zero-order chi connectivity index (χ0) is 15.5. The lowest BCUT2D eigenvalue weighted by atomic mass is 10.2. The molecule has 0 aliphatic carbocycles. The molecule has 1 fully saturated rings. The first-order valence-electron chi connectivity index (χ1n) is 7.61. The second-order valence-electron chi connectivity index (χ2n) is 5.94. The van der Waals surface area contributed by atoms with Gasteiger partial charge in [0.1, 0.15) is 0 Å². The summed E-state index contributed by atoms with van der Waals surface area (Å²) in [5.41, 5.74) is 1.33. The number of aryl methyl sites for hydroxylation is 1. The topological polar surface area (TPSA) is 49.4 Å². The summed E-state index contributed by atoms with van der Waals surface area (Å²) in [4.78, 5) is 4.91. The van der Waals surface area contributed by atoms with E-state index in [1.165, 1.54) is 15.3 Å². The molecule has 21 heavy (non-hydrogen) atoms. The molecule has 2 heterocycles. The maximum absolute atomic E-state index is 11.6. The largest absolute Gasteiger partial charge is 0.312 e. The first kappa shape index (κ1) is 16.9. The quantitative estimate of drug-likeness (QED) is 0.779. The highest BCUT2D eigenvalue weighted by atomic mass is 32.2. The number of rotatable bonds is 7. The van der Waals surface area contributed by atoms with Crippen LogP contribution in [0.25, 0.3) is 0 Å². The molecule has 1 unspecified atom stereocenters. The van der Waals surface area contributed by atoms with Crippen molar-refractivity contribution in [3.05, 3.63) is 21.4 Å². The fourth-order valence-corrected chi connectivity index (χ4v) is 5.57. The molecule has 0 bridgehead atoms. The molecule has 0 radical (unpaired) electrons. The summed E-state index contributed by atoms with van der Waals surface area (Å²) in [6.45, 7) is 7.15. The molecule has 1 N–H and O–H groups in total. The fraction of sp³-hybridized carbons (Fsp3) is 0.733. The van der Waals surface area contributed by atoms with Crippen molar-refractivity contribution >= 4 is 21.2 Å². The highest BCUT2D eigenvalue weighted by Crippen LogP contribution is 2.25. The average molecular weight is 331 g/mol. The Bertz CT molecular complexity index is 566. The molecule has 0 amide bonds. The SMILES string of the molecule is CCCNCc1cc(CN(C)C2CCS(=O)(=O)C2)c(C)s1. The molecule has 1 aliphatic rings. The van der Waals surface area contributed by atoms with Crippen molar-refractivity contribution < 1.29 is 8.42 Å². The highest BCUT2D eigenvalue weighted by Gasteiger charge is 2.30. The Hall–Kier alpha value is -0.430. The maximum atomic E-state index is 11.6. The van der Waals surface area contributed by atoms with Gasteiger partial charge in [-0.25, -0.2) is 8.42 Å². The van der Waals surface area contributed by atoms with Crippen LogP contribution in [0.5, 0.6) is 0 Å². The lowest BCUT2D eigenvalue weighted by Gasteiger charge is -2.22. The van der Waals surface area contributed by atoms with Crippen molar-refractivity contribution in [1.29, 1.82) is 0 Å². The number of sulfone groups is 1. The van der Waals surface area contributed by atoms with Crippen molar-refractivity contribution in [2.24, 2.45) is 0 Å². The Morgan fingerprint density at radius 2 is 2.24 bits per heavy atom. The van der Waals surface area contributed by atoms with Gasteiger partial charge in [0.2, 0.25) is 0 Å². The molecule has 0 spiro atoms. The van der Waals surface area contributed by atoms with Crippen LogP contribution in [0.2, 0.25) is 0 Å². The van der Waals surface area contributed by atoms with Crippen LogP contribution < -0.4 is 5.32 Å². The molecule has 1 saturated heterocycles. The van der Waals surface area contributed by atoms with Crippen molar-refractivity contribution in [1.82, 2.24) is 10.2 Å². The Balaban J connectivity index is 1.93. The Morgan fingerprint density at radius 1 is 1.48 bits per heavy atom. The summed E-state index contributed by atoms with van der Waals surface area (Å²) in [5.74, 6) is 0.661. The molecule has 1 aromatic heterocycles. The van der Waals surface area contributed by atoms with Crippen molar-refractivity contribution in [2.75, 3.05) is 25.1 Å². The zero-order valence-electron chi connectivity index (χ0n) is 13.2. The standard InChI is InChI=1S/C15H26N2O2S2/c1-4-6-16-9-15-8-13(12(2)20-15)10-17(3)14-5-7-21(18,19)11-14/h8,14,16H,4-7,9-11H2,1-3H3. The normalized spacial score (nSPS) is 21.2. The third-order valence-corrected chi connectivity index (χ3v) is 6.89. The van der Waals surface area contributed by atoms with Crippen LogP contribution in [0, 0.1) is 6.92 Å². The summed E-state index contributed by atoms with van der Waals surface area (Å²) < 4.78 is 23.2. The van der Waals surface area contributed by atoms with Crippen LogP contribution in [0.3, 0.4) is 0 Å². The van der Waals surface area contributed by atoms with E-state index >= 15 is 0 Å². The lowest BCUT2D eigenvalue weighted by molar-refractivity contribution is 0.254. The van der Waals surface area contributed by atoms with Crippen LogP contribution >= 0.6 is 11.3 Å². The van der Waals surface area contributed by atoms with Crippen molar-refractivity contribution in [3.63, 3.8) is 0 Å². The predicted octanol–water partition coefficient (Wildman–Crippen LogP) is 2.18. The van der Waals surface area contributed by atoms with Gasteiger partial charge in [-0.3, -0.25) is 4.90 Å². The highest BCUT2D eigenvalue weighted by molar-refractivity contribution is 7.91. The van der Waals surface area contributed by atoms with E-state index in [4.69, 9.17) is 0 Å². The predicted molar refractivity (Wildman–Crippen MR) is 89.6 cm³/mol. The molecule has 1 aromatic rings. The van der Waals surface area contributed by atoms with Crippen LogP contribution in [-0.4, -0.2) is 44.5 Å². The van der Waals surface area contributed by atoms with Gasteiger partial charge in [0.15, 0.2) is 9.84 Å². The minimum Gasteiger partial charge on any atom is -0.312 e. The molecule has 2 rings (SSSR count). The number of hydrogen-bond donors (Lipinski definition) is 1. The number of nitrogens with one attached hydrogen (secondary N) is 1. The van der Waals surface area contributed by atoms with E-state index in [1.54, 1.807) is 0 Å². The summed E-state index contributed by atoms with van der Waals surface area (Å²) in [7, 11) is -0.762. The molecule has 0 aromatic carbocycles. The Kier molecular flexibility index (Phi) is 5.82. The van der Waals surface area contributed by atoms with E-state index in [0.29, 0.717) is 11.5 Å². The number of thiophene rings is 1. The van der Waals surface area contributed by atoms with Gasteiger partial charge in [-0.2, -0.15) is 0 Å². The van der Waals surface area contributed by atoms with Gasteiger partial charge < -0.3 is 5.32 Å². The van der Waals surface area contributed by atoms with E-state index < -0.39 is 9.84 Å². The maximum Gasteiger partial charge on any atom is 0.151 e. The van der Waals surface area contributed by atoms with E-state index in [1.807, 2.05) is 18.4 Å². The van der Waals surface area contributed by atoms with Gasteiger partial charge in [-0.15, -0.1) is 11.3 Å². The second kappa shape index (κ2) is 7.22. The molecular formula is C15H26N2O2S2. The molecule has 120 valence electrons. The summed E-state index contributed by atoms with van der Waals surface area (Å²) >= 11 is 1.84. The minimum absolute atomic E-state index is 0.177. The van der Waals surface area contributed by atoms with Crippen LogP contribution in [-0.2, 0) is 22.9 Å². The van der Waals surface area contributed by atoms with Gasteiger partial charge in [-0.05, 0) is 45.0 Å². The van der Waals surface area contributed by atoms with Gasteiger partial charge in [0.25, 0.3) is 0 Å². The van der Waals surface area contributed by atoms with Crippen LogP contribution in [0.15, 0.2) is 6.07 Å². The van der Waals surface area contributed by atoms with Crippen LogP contribution in [0.4, 0.5) is 0 Å². The smallest absolute Gasteiger partial charge is 0.151 e. The molecular weight excluding hydrogens is 304 g/mol. The molecule has 1 atom stereocenters. The third kappa shape index (κ3) is 4.77. The number of nitrogens with zero attached hydrogens (tertiary/aromatic N) is 1. The Morgan fingerprint density at radius 3 is 2.86 bits per heavy atom. The molecule has 0 saturated carbocycles. The molecule has 6 heteroatoms. The monoisotopic (exact) mass is 330 g/mol. The van der Waals surface area contributed by atoms with Gasteiger partial charge in [0.05, 0.1) is 11.5 Å². The summed E-state index contributed by atoms with van der Waals surface area (Å²) in [6.07, 6.45) is 1.92. The van der Waals surface area contributed by atoms with E-state index in [-0.39, 0.29) is 6.04 Å². The summed E-state index contributed by atoms with van der Waals surface area (Å²) in [5, 5.41) is 3.43. The molecule has 4 nitrogen and oxygen atoms in total. The average Bonchev–Trinajstić information content (AvgIpc) is 2.93. The number of hydrogen-bond acceptors (Lipinski definition) is 5. The minimum atomic E-state index is -2.80. The summed E-state index contributed by atoms with van der Waals surface area (Å²) in [6, 6.07) is 2.44. The van der Waals surface area contributed by atoms with Gasteiger partial charge in [-0.1, -0.05) is 6.92 Å². The second-order valence-corrected chi connectivity index (χ2v) is 9.51. The lowest BCUT2D eigenvalue weighted by Crippen LogP contribution is -2.32. The van der Waals surface area contributed by atoms with Gasteiger partial charge >= 0.3 is 0 Å². The van der Waals surface area contributed by atoms with E-state index in [9.17, 15) is 8.42 Å². The third-order valence-electron chi connectivity index (χ3n) is 4.05.